The third-order valence-electron chi connectivity index (χ3n) is 7.57. The number of benzene rings is 2. The topological polar surface area (TPSA) is 78.2 Å². The quantitative estimate of drug-likeness (QED) is 0.525. The van der Waals surface area contributed by atoms with Crippen LogP contribution in [0, 0.1) is 11.6 Å². The number of carbonyl (C=O) groups excluding carboxylic acids is 1. The van der Waals surface area contributed by atoms with Crippen LogP contribution in [0.5, 0.6) is 5.75 Å². The van der Waals surface area contributed by atoms with Crippen LogP contribution in [-0.2, 0) is 11.3 Å². The van der Waals surface area contributed by atoms with Gasteiger partial charge >= 0.3 is 0 Å². The Labute approximate surface area is 214 Å². The van der Waals surface area contributed by atoms with Crippen molar-refractivity contribution in [1.29, 1.82) is 0 Å². The van der Waals surface area contributed by atoms with Crippen LogP contribution >= 0.6 is 11.8 Å². The van der Waals surface area contributed by atoms with E-state index in [9.17, 15) is 19.1 Å². The lowest BCUT2D eigenvalue weighted by molar-refractivity contribution is -0.0197. The van der Waals surface area contributed by atoms with E-state index in [2.05, 4.69) is 4.90 Å². The maximum atomic E-state index is 15.5. The van der Waals surface area contributed by atoms with Crippen molar-refractivity contribution < 1.29 is 23.4 Å². The van der Waals surface area contributed by atoms with E-state index in [1.54, 1.807) is 22.7 Å². The number of rotatable bonds is 1. The third kappa shape index (κ3) is 3.16. The summed E-state index contributed by atoms with van der Waals surface area (Å²) in [6.45, 7) is 1.59. The summed E-state index contributed by atoms with van der Waals surface area (Å²) in [5.74, 6) is -2.13. The zero-order valence-corrected chi connectivity index (χ0v) is 20.4. The number of carbonyl (C=O) groups is 1. The lowest BCUT2D eigenvalue weighted by atomic mass is 9.93. The molecular formula is C26H22F2N4O4S. The Morgan fingerprint density at radius 3 is 2.78 bits per heavy atom. The van der Waals surface area contributed by atoms with Gasteiger partial charge < -0.3 is 19.6 Å². The SMILES string of the molecule is O=C1c2c(O)c(=O)ccn2N([C@H]2c3ccc(F)c(F)c3CN3CCSc4cccc2c43)[C@@H]2COCCN12. The Balaban J connectivity index is 1.56. The summed E-state index contributed by atoms with van der Waals surface area (Å²) in [6.07, 6.45) is 0.841. The van der Waals surface area contributed by atoms with Crippen molar-refractivity contribution in [2.75, 3.05) is 42.0 Å². The van der Waals surface area contributed by atoms with E-state index in [0.29, 0.717) is 18.7 Å². The highest BCUT2D eigenvalue weighted by Gasteiger charge is 2.47. The maximum absolute atomic E-state index is 15.5. The number of para-hydroxylation sites is 1. The molecule has 1 N–H and O–H groups in total. The molecule has 4 aliphatic rings. The average molecular weight is 525 g/mol. The molecule has 2 atom stereocenters. The van der Waals surface area contributed by atoms with Gasteiger partial charge in [0.15, 0.2) is 23.1 Å². The van der Waals surface area contributed by atoms with Crippen molar-refractivity contribution in [3.63, 3.8) is 0 Å². The molecule has 7 rings (SSSR count). The summed E-state index contributed by atoms with van der Waals surface area (Å²) in [4.78, 5) is 30.5. The summed E-state index contributed by atoms with van der Waals surface area (Å²) in [7, 11) is 0. The van der Waals surface area contributed by atoms with Crippen molar-refractivity contribution in [3.05, 3.63) is 86.8 Å². The van der Waals surface area contributed by atoms with Crippen LogP contribution in [-0.4, -0.2) is 58.8 Å². The van der Waals surface area contributed by atoms with Crippen molar-refractivity contribution in [2.24, 2.45) is 0 Å². The van der Waals surface area contributed by atoms with Gasteiger partial charge in [-0.3, -0.25) is 19.3 Å². The molecule has 0 saturated carbocycles. The number of hydrogen-bond acceptors (Lipinski definition) is 7. The summed E-state index contributed by atoms with van der Waals surface area (Å²) in [5, 5.41) is 12.6. The Bertz CT molecular complexity index is 1530. The zero-order valence-electron chi connectivity index (χ0n) is 19.6. The molecule has 3 aromatic rings. The molecule has 11 heteroatoms. The largest absolute Gasteiger partial charge is 0.502 e. The van der Waals surface area contributed by atoms with Crippen LogP contribution in [0.15, 0.2) is 52.3 Å². The van der Waals surface area contributed by atoms with Crippen LogP contribution < -0.4 is 15.3 Å². The fourth-order valence-electron chi connectivity index (χ4n) is 5.95. The number of ether oxygens (including phenoxy) is 1. The Morgan fingerprint density at radius 2 is 1.92 bits per heavy atom. The van der Waals surface area contributed by atoms with Crippen molar-refractivity contribution >= 4 is 23.4 Å². The molecule has 1 saturated heterocycles. The molecule has 1 fully saturated rings. The molecule has 0 spiro atoms. The second-order valence-corrected chi connectivity index (χ2v) is 10.6. The molecule has 0 bridgehead atoms. The minimum absolute atomic E-state index is 0.157. The first-order chi connectivity index (χ1) is 18.0. The van der Waals surface area contributed by atoms with Crippen molar-refractivity contribution in [1.82, 2.24) is 9.58 Å². The number of morpholine rings is 1. The smallest absolute Gasteiger partial charge is 0.278 e. The lowest BCUT2D eigenvalue weighted by Gasteiger charge is -2.51. The standard InChI is InChI=1S/C26H22F2N4O4S/c27-17-5-4-14-16(21(17)28)12-29-9-11-37-19-3-1-2-15(23(19)29)22(14)32-20-13-36-10-8-30(20)26(35)24-25(34)18(33)6-7-31(24)32/h1-7,20,22,34H,8-13H2/t20-,22+/m1/s1. The number of aromatic hydroxyl groups is 1. The molecule has 37 heavy (non-hydrogen) atoms. The van der Waals surface area contributed by atoms with Crippen LogP contribution in [0.4, 0.5) is 14.5 Å². The van der Waals surface area contributed by atoms with E-state index < -0.39 is 40.9 Å². The van der Waals surface area contributed by atoms with Crippen LogP contribution in [0.1, 0.15) is 33.2 Å². The van der Waals surface area contributed by atoms with Gasteiger partial charge in [0.05, 0.1) is 18.9 Å². The number of aromatic nitrogens is 1. The minimum Gasteiger partial charge on any atom is -0.502 e. The predicted octanol–water partition coefficient (Wildman–Crippen LogP) is 2.80. The van der Waals surface area contributed by atoms with Gasteiger partial charge in [0.2, 0.25) is 5.43 Å². The van der Waals surface area contributed by atoms with Gasteiger partial charge in [-0.05, 0) is 17.7 Å². The third-order valence-corrected chi connectivity index (χ3v) is 8.60. The number of thioether (sulfide) groups is 1. The summed E-state index contributed by atoms with van der Waals surface area (Å²) >= 11 is 1.71. The van der Waals surface area contributed by atoms with Crippen molar-refractivity contribution in [2.45, 2.75) is 23.6 Å². The number of pyridine rings is 1. The lowest BCUT2D eigenvalue weighted by Crippen LogP contribution is -2.66. The Kier molecular flexibility index (Phi) is 5.02. The highest BCUT2D eigenvalue weighted by Crippen LogP contribution is 2.48. The second kappa shape index (κ2) is 8.22. The molecule has 1 amide bonds. The van der Waals surface area contributed by atoms with E-state index in [0.717, 1.165) is 28.0 Å². The molecular weight excluding hydrogens is 502 g/mol. The highest BCUT2D eigenvalue weighted by molar-refractivity contribution is 7.99. The molecule has 0 radical (unpaired) electrons. The van der Waals surface area contributed by atoms with E-state index in [1.807, 2.05) is 23.2 Å². The minimum atomic E-state index is -0.923. The summed E-state index contributed by atoms with van der Waals surface area (Å²) in [6, 6.07) is 9.17. The van der Waals surface area contributed by atoms with Gasteiger partial charge in [0.1, 0.15) is 12.2 Å². The molecule has 2 aromatic carbocycles. The molecule has 0 aliphatic carbocycles. The number of fused-ring (bicyclic) bond motifs is 3. The fourth-order valence-corrected chi connectivity index (χ4v) is 7.04. The number of amides is 1. The van der Waals surface area contributed by atoms with Gasteiger partial charge in [-0.15, -0.1) is 11.8 Å². The van der Waals surface area contributed by atoms with Gasteiger partial charge in [-0.25, -0.2) is 8.78 Å². The second-order valence-electron chi connectivity index (χ2n) is 9.45. The number of anilines is 1. The summed E-state index contributed by atoms with van der Waals surface area (Å²) in [5.41, 5.74) is 1.77. The first kappa shape index (κ1) is 22.6. The fraction of sp³-hybridized carbons (Fsp3) is 0.308. The van der Waals surface area contributed by atoms with E-state index >= 15 is 4.39 Å². The maximum Gasteiger partial charge on any atom is 0.278 e. The predicted molar refractivity (Wildman–Crippen MR) is 133 cm³/mol. The summed E-state index contributed by atoms with van der Waals surface area (Å²) < 4.78 is 37.3. The first-order valence-corrected chi connectivity index (χ1v) is 13.0. The molecule has 0 unspecified atom stereocenters. The van der Waals surface area contributed by atoms with Gasteiger partial charge in [0, 0.05) is 53.7 Å². The zero-order chi connectivity index (χ0) is 25.4. The van der Waals surface area contributed by atoms with E-state index in [1.165, 1.54) is 16.9 Å². The van der Waals surface area contributed by atoms with Crippen LogP contribution in [0.25, 0.3) is 0 Å². The molecule has 5 heterocycles. The Hall–Kier alpha value is -3.57. The first-order valence-electron chi connectivity index (χ1n) is 12.0. The normalized spacial score (nSPS) is 22.1. The van der Waals surface area contributed by atoms with Crippen LogP contribution in [0.3, 0.4) is 0 Å². The average Bonchev–Trinajstić information content (AvgIpc) is 3.05. The highest BCUT2D eigenvalue weighted by atomic mass is 32.2. The number of hydrogen-bond donors (Lipinski definition) is 1. The number of halogens is 2. The van der Waals surface area contributed by atoms with E-state index in [-0.39, 0.29) is 31.0 Å². The number of nitrogens with zero attached hydrogens (tertiary/aromatic N) is 4. The van der Waals surface area contributed by atoms with Gasteiger partial charge in [0.25, 0.3) is 5.91 Å². The van der Waals surface area contributed by atoms with Gasteiger partial charge in [-0.2, -0.15) is 0 Å². The monoisotopic (exact) mass is 524 g/mol. The van der Waals surface area contributed by atoms with E-state index in [4.69, 9.17) is 4.74 Å². The van der Waals surface area contributed by atoms with Crippen LogP contribution in [0.2, 0.25) is 0 Å². The Morgan fingerprint density at radius 1 is 1.05 bits per heavy atom. The molecule has 190 valence electrons. The molecule has 8 nitrogen and oxygen atoms in total. The van der Waals surface area contributed by atoms with Gasteiger partial charge in [-0.1, -0.05) is 18.2 Å². The molecule has 4 aliphatic heterocycles. The van der Waals surface area contributed by atoms with Crippen molar-refractivity contribution in [3.8, 4) is 5.75 Å². The molecule has 1 aromatic heterocycles.